The summed E-state index contributed by atoms with van der Waals surface area (Å²) in [5, 5.41) is 16.6. The molecule has 3 N–H and O–H groups in total. The molecule has 0 aliphatic carbocycles. The molecule has 0 atom stereocenters. The Labute approximate surface area is 117 Å². The molecule has 7 nitrogen and oxygen atoms in total. The Kier molecular flexibility index (Phi) is 4.23. The first-order valence-corrected chi connectivity index (χ1v) is 6.36. The standard InChI is InChI=1S/C11H12BrN5O2/c12-8-3-7(4-14-5-8)6-17-9(1-2-13)10(11(18)19)15-16-17/h3-5H,1-2,6,13H2,(H,18,19). The van der Waals surface area contributed by atoms with Gasteiger partial charge in [0.05, 0.1) is 12.2 Å². The second-order valence-electron chi connectivity index (χ2n) is 3.90. The molecule has 0 aromatic carbocycles. The summed E-state index contributed by atoms with van der Waals surface area (Å²) in [6.45, 7) is 0.743. The first-order valence-electron chi connectivity index (χ1n) is 5.57. The van der Waals surface area contributed by atoms with E-state index in [1.54, 1.807) is 17.1 Å². The number of carbonyl (C=O) groups is 1. The van der Waals surface area contributed by atoms with Crippen LogP contribution in [0.4, 0.5) is 0 Å². The van der Waals surface area contributed by atoms with Crippen LogP contribution in [0.3, 0.4) is 0 Å². The molecule has 0 unspecified atom stereocenters. The number of nitrogens with zero attached hydrogens (tertiary/aromatic N) is 4. The highest BCUT2D eigenvalue weighted by Crippen LogP contribution is 2.13. The zero-order valence-electron chi connectivity index (χ0n) is 9.95. The summed E-state index contributed by atoms with van der Waals surface area (Å²) in [7, 11) is 0. The highest BCUT2D eigenvalue weighted by molar-refractivity contribution is 9.10. The van der Waals surface area contributed by atoms with Crippen LogP contribution in [0.1, 0.15) is 21.7 Å². The van der Waals surface area contributed by atoms with Gasteiger partial charge in [-0.25, -0.2) is 9.48 Å². The summed E-state index contributed by atoms with van der Waals surface area (Å²) in [6, 6.07) is 1.89. The maximum atomic E-state index is 11.0. The van der Waals surface area contributed by atoms with Crippen molar-refractivity contribution < 1.29 is 9.90 Å². The highest BCUT2D eigenvalue weighted by Gasteiger charge is 2.18. The fraction of sp³-hybridized carbons (Fsp3) is 0.273. The third-order valence-corrected chi connectivity index (χ3v) is 2.95. The van der Waals surface area contributed by atoms with Crippen LogP contribution in [0, 0.1) is 0 Å². The summed E-state index contributed by atoms with van der Waals surface area (Å²) in [6.07, 6.45) is 3.78. The molecule has 0 amide bonds. The van der Waals surface area contributed by atoms with E-state index >= 15 is 0 Å². The number of pyridine rings is 1. The fourth-order valence-corrected chi connectivity index (χ4v) is 2.14. The Morgan fingerprint density at radius 1 is 1.47 bits per heavy atom. The zero-order valence-corrected chi connectivity index (χ0v) is 11.5. The third-order valence-electron chi connectivity index (χ3n) is 2.52. The van der Waals surface area contributed by atoms with Gasteiger partial charge in [-0.1, -0.05) is 5.21 Å². The molecule has 2 heterocycles. The van der Waals surface area contributed by atoms with E-state index in [-0.39, 0.29) is 5.69 Å². The molecule has 0 spiro atoms. The average molecular weight is 326 g/mol. The van der Waals surface area contributed by atoms with Crippen molar-refractivity contribution in [2.75, 3.05) is 6.54 Å². The van der Waals surface area contributed by atoms with E-state index in [9.17, 15) is 4.79 Å². The molecule has 0 saturated carbocycles. The van der Waals surface area contributed by atoms with Gasteiger partial charge in [0.2, 0.25) is 0 Å². The van der Waals surface area contributed by atoms with Crippen molar-refractivity contribution in [2.45, 2.75) is 13.0 Å². The van der Waals surface area contributed by atoms with Crippen molar-refractivity contribution in [1.82, 2.24) is 20.0 Å². The number of halogens is 1. The van der Waals surface area contributed by atoms with Gasteiger partial charge in [-0.15, -0.1) is 5.10 Å². The minimum absolute atomic E-state index is 0.0478. The largest absolute Gasteiger partial charge is 0.476 e. The van der Waals surface area contributed by atoms with Crippen molar-refractivity contribution in [3.8, 4) is 0 Å². The molecule has 2 aromatic heterocycles. The van der Waals surface area contributed by atoms with Gasteiger partial charge in [-0.3, -0.25) is 4.98 Å². The molecule has 0 bridgehead atoms. The molecular weight excluding hydrogens is 314 g/mol. The van der Waals surface area contributed by atoms with Crippen LogP contribution >= 0.6 is 15.9 Å². The molecule has 0 aliphatic heterocycles. The second kappa shape index (κ2) is 5.89. The zero-order chi connectivity index (χ0) is 13.8. The number of aromatic nitrogens is 4. The molecule has 0 aliphatic rings. The van der Waals surface area contributed by atoms with E-state index in [4.69, 9.17) is 10.8 Å². The number of aromatic carboxylic acids is 1. The quantitative estimate of drug-likeness (QED) is 0.837. The van der Waals surface area contributed by atoms with E-state index in [0.717, 1.165) is 10.0 Å². The van der Waals surface area contributed by atoms with Gasteiger partial charge in [0.15, 0.2) is 5.69 Å². The minimum Gasteiger partial charge on any atom is -0.476 e. The topological polar surface area (TPSA) is 107 Å². The van der Waals surface area contributed by atoms with Gasteiger partial charge in [0.25, 0.3) is 0 Å². The SMILES string of the molecule is NCCc1c(C(=O)O)nnn1Cc1cncc(Br)c1. The Hall–Kier alpha value is -1.80. The first-order chi connectivity index (χ1) is 9.11. The lowest BCUT2D eigenvalue weighted by atomic mass is 10.2. The molecule has 2 aromatic rings. The number of rotatable bonds is 5. The van der Waals surface area contributed by atoms with Crippen molar-refractivity contribution >= 4 is 21.9 Å². The van der Waals surface area contributed by atoms with Gasteiger partial charge < -0.3 is 10.8 Å². The van der Waals surface area contributed by atoms with Crippen molar-refractivity contribution in [2.24, 2.45) is 5.73 Å². The summed E-state index contributed by atoms with van der Waals surface area (Å²) in [5.74, 6) is -1.10. The Bertz CT molecular complexity index is 599. The van der Waals surface area contributed by atoms with Gasteiger partial charge >= 0.3 is 5.97 Å². The minimum atomic E-state index is -1.10. The Balaban J connectivity index is 2.32. The van der Waals surface area contributed by atoms with Gasteiger partial charge in [-0.2, -0.15) is 0 Å². The maximum Gasteiger partial charge on any atom is 0.358 e. The predicted octanol–water partition coefficient (Wildman–Crippen LogP) is 0.683. The molecule has 0 saturated heterocycles. The highest BCUT2D eigenvalue weighted by atomic mass is 79.9. The van der Waals surface area contributed by atoms with Gasteiger partial charge in [0.1, 0.15) is 0 Å². The number of carboxylic acid groups (broad SMARTS) is 1. The fourth-order valence-electron chi connectivity index (χ4n) is 1.73. The molecule has 0 radical (unpaired) electrons. The smallest absolute Gasteiger partial charge is 0.358 e. The summed E-state index contributed by atoms with van der Waals surface area (Å²) >= 11 is 3.33. The van der Waals surface area contributed by atoms with Crippen LogP contribution in [0.2, 0.25) is 0 Å². The van der Waals surface area contributed by atoms with Crippen molar-refractivity contribution in [3.63, 3.8) is 0 Å². The molecule has 19 heavy (non-hydrogen) atoms. The van der Waals surface area contributed by atoms with Gasteiger partial charge in [-0.05, 0) is 34.1 Å². The summed E-state index contributed by atoms with van der Waals surface area (Å²) in [5.41, 5.74) is 6.87. The average Bonchev–Trinajstić information content (AvgIpc) is 2.73. The summed E-state index contributed by atoms with van der Waals surface area (Å²) < 4.78 is 2.39. The number of carboxylic acids is 1. The van der Waals surface area contributed by atoms with E-state index in [1.807, 2.05) is 6.07 Å². The molecule has 0 fully saturated rings. The lowest BCUT2D eigenvalue weighted by Gasteiger charge is -2.06. The Morgan fingerprint density at radius 2 is 2.26 bits per heavy atom. The number of nitrogens with two attached hydrogens (primary N) is 1. The van der Waals surface area contributed by atoms with Gasteiger partial charge in [0, 0.05) is 23.3 Å². The predicted molar refractivity (Wildman–Crippen MR) is 70.8 cm³/mol. The third kappa shape index (κ3) is 3.15. The molecule has 100 valence electrons. The maximum absolute atomic E-state index is 11.0. The molecule has 8 heteroatoms. The lowest BCUT2D eigenvalue weighted by molar-refractivity contribution is 0.0689. The van der Waals surface area contributed by atoms with Crippen LogP contribution in [0.25, 0.3) is 0 Å². The van der Waals surface area contributed by atoms with E-state index < -0.39 is 5.97 Å². The summed E-state index contributed by atoms with van der Waals surface area (Å²) in [4.78, 5) is 15.1. The molecular formula is C11H12BrN5O2. The van der Waals surface area contributed by atoms with Crippen LogP contribution in [-0.2, 0) is 13.0 Å². The van der Waals surface area contributed by atoms with Crippen LogP contribution in [0.5, 0.6) is 0 Å². The second-order valence-corrected chi connectivity index (χ2v) is 4.81. The van der Waals surface area contributed by atoms with E-state index in [2.05, 4.69) is 31.2 Å². The monoisotopic (exact) mass is 325 g/mol. The number of hydrogen-bond acceptors (Lipinski definition) is 5. The first kappa shape index (κ1) is 13.6. The van der Waals surface area contributed by atoms with Crippen LogP contribution in [0.15, 0.2) is 22.9 Å². The molecule has 2 rings (SSSR count). The lowest BCUT2D eigenvalue weighted by Crippen LogP contribution is -2.14. The Morgan fingerprint density at radius 3 is 2.89 bits per heavy atom. The van der Waals surface area contributed by atoms with E-state index in [0.29, 0.717) is 25.2 Å². The van der Waals surface area contributed by atoms with Crippen LogP contribution in [-0.4, -0.2) is 37.6 Å². The van der Waals surface area contributed by atoms with Crippen LogP contribution < -0.4 is 5.73 Å². The normalized spacial score (nSPS) is 10.6. The van der Waals surface area contributed by atoms with E-state index in [1.165, 1.54) is 0 Å². The van der Waals surface area contributed by atoms with Crippen molar-refractivity contribution in [3.05, 3.63) is 39.9 Å². The number of hydrogen-bond donors (Lipinski definition) is 2. The van der Waals surface area contributed by atoms with Crippen molar-refractivity contribution in [1.29, 1.82) is 0 Å².